The van der Waals surface area contributed by atoms with Crippen molar-refractivity contribution in [1.82, 2.24) is 9.78 Å². The number of hydrogen-bond donors (Lipinski definition) is 1. The van der Waals surface area contributed by atoms with Crippen molar-refractivity contribution in [3.63, 3.8) is 0 Å². The molecule has 0 spiro atoms. The van der Waals surface area contributed by atoms with E-state index in [4.69, 9.17) is 10.2 Å². The lowest BCUT2D eigenvalue weighted by Gasteiger charge is -2.03. The van der Waals surface area contributed by atoms with Gasteiger partial charge in [0.05, 0.1) is 12.8 Å². The molecule has 19 heavy (non-hydrogen) atoms. The quantitative estimate of drug-likeness (QED) is 0.784. The average molecular weight is 257 g/mol. The number of halogens is 1. The number of benzene rings is 1. The van der Waals surface area contributed by atoms with Crippen molar-refractivity contribution in [3.8, 4) is 11.5 Å². The van der Waals surface area contributed by atoms with Gasteiger partial charge in [0.2, 0.25) is 0 Å². The highest BCUT2D eigenvalue weighted by Gasteiger charge is 2.09. The van der Waals surface area contributed by atoms with Crippen LogP contribution in [0.2, 0.25) is 0 Å². The minimum atomic E-state index is -0.256. The molecule has 0 atom stereocenters. The van der Waals surface area contributed by atoms with Crippen molar-refractivity contribution in [3.05, 3.63) is 60.1 Å². The molecule has 2 heterocycles. The van der Waals surface area contributed by atoms with E-state index in [-0.39, 0.29) is 5.82 Å². The number of aromatic nitrogens is 2. The maximum atomic E-state index is 12.8. The molecule has 0 bridgehead atoms. The number of rotatable bonds is 3. The molecule has 96 valence electrons. The first-order valence-corrected chi connectivity index (χ1v) is 5.84. The van der Waals surface area contributed by atoms with Crippen molar-refractivity contribution in [2.24, 2.45) is 0 Å². The Morgan fingerprint density at radius 3 is 2.68 bits per heavy atom. The van der Waals surface area contributed by atoms with Crippen LogP contribution in [0.25, 0.3) is 11.5 Å². The molecule has 4 nitrogen and oxygen atoms in total. The number of nitrogen functional groups attached to an aromatic ring is 1. The van der Waals surface area contributed by atoms with E-state index in [0.29, 0.717) is 23.8 Å². The minimum Gasteiger partial charge on any atom is -0.463 e. The molecule has 0 saturated heterocycles. The third-order valence-electron chi connectivity index (χ3n) is 2.83. The van der Waals surface area contributed by atoms with E-state index in [1.807, 2.05) is 6.07 Å². The lowest BCUT2D eigenvalue weighted by atomic mass is 10.2. The number of nitrogens with zero attached hydrogens (tertiary/aromatic N) is 2. The fraction of sp³-hybridized carbons (Fsp3) is 0.0714. The second-order valence-corrected chi connectivity index (χ2v) is 4.22. The highest BCUT2D eigenvalue weighted by molar-refractivity contribution is 5.56. The van der Waals surface area contributed by atoms with Crippen LogP contribution in [-0.2, 0) is 6.54 Å². The van der Waals surface area contributed by atoms with Crippen molar-refractivity contribution in [2.75, 3.05) is 5.73 Å². The molecule has 0 unspecified atom stereocenters. The third kappa shape index (κ3) is 2.35. The smallest absolute Gasteiger partial charge is 0.154 e. The van der Waals surface area contributed by atoms with E-state index < -0.39 is 0 Å². The zero-order valence-corrected chi connectivity index (χ0v) is 10.1. The van der Waals surface area contributed by atoms with Crippen LogP contribution in [0, 0.1) is 5.82 Å². The Bertz CT molecular complexity index is 671. The van der Waals surface area contributed by atoms with Crippen molar-refractivity contribution < 1.29 is 8.81 Å². The Morgan fingerprint density at radius 1 is 1.21 bits per heavy atom. The van der Waals surface area contributed by atoms with Gasteiger partial charge < -0.3 is 10.2 Å². The van der Waals surface area contributed by atoms with Crippen molar-refractivity contribution >= 4 is 5.82 Å². The van der Waals surface area contributed by atoms with E-state index >= 15 is 0 Å². The van der Waals surface area contributed by atoms with Crippen LogP contribution >= 0.6 is 0 Å². The average Bonchev–Trinajstić information content (AvgIpc) is 3.03. The summed E-state index contributed by atoms with van der Waals surface area (Å²) in [5.41, 5.74) is 7.53. The fourth-order valence-electron chi connectivity index (χ4n) is 1.87. The Labute approximate surface area is 109 Å². The lowest BCUT2D eigenvalue weighted by Crippen LogP contribution is -2.05. The van der Waals surface area contributed by atoms with Crippen LogP contribution < -0.4 is 5.73 Å². The standard InChI is InChI=1S/C14H12FN3O/c15-11-5-3-10(4-6-11)9-18-14(16)8-12(17-18)13-2-1-7-19-13/h1-8H,9,16H2. The molecular formula is C14H12FN3O. The fourth-order valence-corrected chi connectivity index (χ4v) is 1.87. The van der Waals surface area contributed by atoms with Gasteiger partial charge in [0, 0.05) is 6.07 Å². The molecule has 0 radical (unpaired) electrons. The molecule has 3 rings (SSSR count). The van der Waals surface area contributed by atoms with Crippen LogP contribution in [0.4, 0.5) is 10.2 Å². The second kappa shape index (κ2) is 4.61. The minimum absolute atomic E-state index is 0.256. The molecule has 0 amide bonds. The summed E-state index contributed by atoms with van der Waals surface area (Å²) in [5.74, 6) is 0.953. The highest BCUT2D eigenvalue weighted by atomic mass is 19.1. The van der Waals surface area contributed by atoms with E-state index in [1.54, 1.807) is 35.2 Å². The summed E-state index contributed by atoms with van der Waals surface area (Å²) in [6.45, 7) is 0.493. The van der Waals surface area contributed by atoms with Gasteiger partial charge in [-0.2, -0.15) is 5.10 Å². The lowest BCUT2D eigenvalue weighted by molar-refractivity contribution is 0.576. The predicted octanol–water partition coefficient (Wildman–Crippen LogP) is 2.91. The first kappa shape index (κ1) is 11.5. The third-order valence-corrected chi connectivity index (χ3v) is 2.83. The van der Waals surface area contributed by atoms with Crippen LogP contribution in [-0.4, -0.2) is 9.78 Å². The van der Waals surface area contributed by atoms with E-state index in [9.17, 15) is 4.39 Å². The van der Waals surface area contributed by atoms with Crippen molar-refractivity contribution in [2.45, 2.75) is 6.54 Å². The van der Waals surface area contributed by atoms with Gasteiger partial charge in [0.15, 0.2) is 5.76 Å². The summed E-state index contributed by atoms with van der Waals surface area (Å²) in [6, 6.07) is 11.6. The van der Waals surface area contributed by atoms with E-state index in [0.717, 1.165) is 5.56 Å². The van der Waals surface area contributed by atoms with Crippen LogP contribution in [0.5, 0.6) is 0 Å². The SMILES string of the molecule is Nc1cc(-c2ccco2)nn1Cc1ccc(F)cc1. The van der Waals surface area contributed by atoms with Crippen LogP contribution in [0.15, 0.2) is 53.1 Å². The summed E-state index contributed by atoms with van der Waals surface area (Å²) in [6.07, 6.45) is 1.59. The zero-order valence-electron chi connectivity index (χ0n) is 10.1. The first-order valence-electron chi connectivity index (χ1n) is 5.84. The summed E-state index contributed by atoms with van der Waals surface area (Å²) < 4.78 is 19.8. The van der Waals surface area contributed by atoms with Gasteiger partial charge in [0.1, 0.15) is 17.3 Å². The maximum Gasteiger partial charge on any atom is 0.154 e. The van der Waals surface area contributed by atoms with Gasteiger partial charge in [-0.15, -0.1) is 0 Å². The Balaban J connectivity index is 1.87. The van der Waals surface area contributed by atoms with Gasteiger partial charge in [-0.1, -0.05) is 12.1 Å². The second-order valence-electron chi connectivity index (χ2n) is 4.22. The number of furan rings is 1. The molecule has 2 aromatic heterocycles. The monoisotopic (exact) mass is 257 g/mol. The summed E-state index contributed by atoms with van der Waals surface area (Å²) in [5, 5.41) is 4.37. The number of hydrogen-bond acceptors (Lipinski definition) is 3. The van der Waals surface area contributed by atoms with E-state index in [2.05, 4.69) is 5.10 Å². The Hall–Kier alpha value is -2.56. The van der Waals surface area contributed by atoms with Gasteiger partial charge in [-0.05, 0) is 29.8 Å². The largest absolute Gasteiger partial charge is 0.463 e. The molecule has 5 heteroatoms. The van der Waals surface area contributed by atoms with Gasteiger partial charge in [-0.3, -0.25) is 0 Å². The maximum absolute atomic E-state index is 12.8. The molecule has 1 aromatic carbocycles. The van der Waals surface area contributed by atoms with Gasteiger partial charge in [-0.25, -0.2) is 9.07 Å². The summed E-state index contributed by atoms with van der Waals surface area (Å²) in [4.78, 5) is 0. The molecule has 0 aliphatic rings. The van der Waals surface area contributed by atoms with Gasteiger partial charge in [0.25, 0.3) is 0 Å². The molecule has 2 N–H and O–H groups in total. The molecular weight excluding hydrogens is 245 g/mol. The van der Waals surface area contributed by atoms with Crippen LogP contribution in [0.1, 0.15) is 5.56 Å². The predicted molar refractivity (Wildman–Crippen MR) is 69.8 cm³/mol. The molecule has 0 aliphatic carbocycles. The molecule has 0 aliphatic heterocycles. The van der Waals surface area contributed by atoms with Gasteiger partial charge >= 0.3 is 0 Å². The molecule has 3 aromatic rings. The normalized spacial score (nSPS) is 10.8. The van der Waals surface area contributed by atoms with Crippen LogP contribution in [0.3, 0.4) is 0 Å². The first-order chi connectivity index (χ1) is 9.22. The zero-order chi connectivity index (χ0) is 13.2. The van der Waals surface area contributed by atoms with E-state index in [1.165, 1.54) is 12.1 Å². The summed E-state index contributed by atoms with van der Waals surface area (Å²) >= 11 is 0. The molecule has 0 saturated carbocycles. The topological polar surface area (TPSA) is 57.0 Å². The summed E-state index contributed by atoms with van der Waals surface area (Å²) in [7, 11) is 0. The Kier molecular flexibility index (Phi) is 2.79. The Morgan fingerprint density at radius 2 is 2.00 bits per heavy atom. The molecule has 0 fully saturated rings. The highest BCUT2D eigenvalue weighted by Crippen LogP contribution is 2.21. The van der Waals surface area contributed by atoms with Crippen molar-refractivity contribution in [1.29, 1.82) is 0 Å². The number of anilines is 1. The number of nitrogens with two attached hydrogens (primary N) is 1.